The number of hydrogen-bond donors (Lipinski definition) is 2. The predicted molar refractivity (Wildman–Crippen MR) is 83.2 cm³/mol. The number of rotatable bonds is 6. The highest BCUT2D eigenvalue weighted by molar-refractivity contribution is 5.72. The number of benzene rings is 1. The molecule has 0 aliphatic heterocycles. The average molecular weight is 291 g/mol. The Morgan fingerprint density at radius 2 is 2.10 bits per heavy atom. The molecule has 21 heavy (non-hydrogen) atoms. The van der Waals surface area contributed by atoms with Crippen LogP contribution in [0.3, 0.4) is 0 Å². The van der Waals surface area contributed by atoms with E-state index in [4.69, 9.17) is 9.84 Å². The minimum atomic E-state index is -0.0534. The monoisotopic (exact) mass is 291 g/mol. The van der Waals surface area contributed by atoms with Crippen molar-refractivity contribution in [3.8, 4) is 0 Å². The molecule has 1 aliphatic carbocycles. The molecule has 0 bridgehead atoms. The second kappa shape index (κ2) is 8.03. The van der Waals surface area contributed by atoms with Crippen molar-refractivity contribution < 1.29 is 14.6 Å². The summed E-state index contributed by atoms with van der Waals surface area (Å²) in [5, 5.41) is 12.4. The van der Waals surface area contributed by atoms with Gasteiger partial charge in [0.25, 0.3) is 0 Å². The Hall–Kier alpha value is -1.55. The van der Waals surface area contributed by atoms with Crippen molar-refractivity contribution in [1.82, 2.24) is 0 Å². The normalized spacial score (nSPS) is 21.8. The van der Waals surface area contributed by atoms with E-state index in [2.05, 4.69) is 5.32 Å². The number of hydrogen-bond acceptors (Lipinski definition) is 4. The van der Waals surface area contributed by atoms with Crippen LogP contribution in [-0.4, -0.2) is 30.3 Å². The summed E-state index contributed by atoms with van der Waals surface area (Å²) in [5.74, 6) is -0.0212. The molecule has 0 spiro atoms. The number of carbonyl (C=O) groups is 1. The summed E-state index contributed by atoms with van der Waals surface area (Å²) in [5.41, 5.74) is 2.21. The van der Waals surface area contributed by atoms with E-state index < -0.39 is 0 Å². The molecule has 116 valence electrons. The fourth-order valence-electron chi connectivity index (χ4n) is 2.93. The molecule has 1 fully saturated rings. The zero-order chi connectivity index (χ0) is 15.1. The molecular formula is C17H25NO3. The van der Waals surface area contributed by atoms with E-state index in [1.807, 2.05) is 31.2 Å². The first kappa shape index (κ1) is 15.8. The lowest BCUT2D eigenvalue weighted by atomic mass is 9.85. The van der Waals surface area contributed by atoms with Crippen molar-refractivity contribution in [2.45, 2.75) is 45.1 Å². The summed E-state index contributed by atoms with van der Waals surface area (Å²) < 4.78 is 5.13. The Kier molecular flexibility index (Phi) is 6.05. The molecule has 1 aromatic rings. The van der Waals surface area contributed by atoms with Crippen LogP contribution in [0, 0.1) is 5.92 Å². The van der Waals surface area contributed by atoms with Gasteiger partial charge in [0.2, 0.25) is 0 Å². The Balaban J connectivity index is 1.88. The van der Waals surface area contributed by atoms with Crippen molar-refractivity contribution in [2.24, 2.45) is 5.92 Å². The minimum absolute atomic E-state index is 0.0323. The van der Waals surface area contributed by atoms with Crippen LogP contribution in [0.5, 0.6) is 0 Å². The number of aliphatic hydroxyl groups is 1. The third-order valence-electron chi connectivity index (χ3n) is 4.02. The van der Waals surface area contributed by atoms with Gasteiger partial charge in [-0.05, 0) is 50.3 Å². The molecule has 2 unspecified atom stereocenters. The lowest BCUT2D eigenvalue weighted by Crippen LogP contribution is -2.32. The molecule has 0 amide bonds. The number of aliphatic hydroxyl groups excluding tert-OH is 1. The number of ether oxygens (including phenoxy) is 1. The first-order valence-corrected chi connectivity index (χ1v) is 7.86. The maximum absolute atomic E-state index is 11.8. The molecule has 0 aromatic heterocycles. The van der Waals surface area contributed by atoms with E-state index >= 15 is 0 Å². The summed E-state index contributed by atoms with van der Waals surface area (Å²) in [6.45, 7) is 2.49. The molecule has 0 saturated heterocycles. The van der Waals surface area contributed by atoms with Gasteiger partial charge in [-0.2, -0.15) is 0 Å². The zero-order valence-corrected chi connectivity index (χ0v) is 12.7. The highest BCUT2D eigenvalue weighted by atomic mass is 16.5. The molecule has 4 nitrogen and oxygen atoms in total. The van der Waals surface area contributed by atoms with Gasteiger partial charge in [0.05, 0.1) is 12.5 Å². The lowest BCUT2D eigenvalue weighted by Gasteiger charge is -2.29. The van der Waals surface area contributed by atoms with E-state index in [0.29, 0.717) is 19.1 Å². The molecular weight excluding hydrogens is 266 g/mol. The molecule has 1 aromatic carbocycles. The minimum Gasteiger partial charge on any atom is -0.466 e. The van der Waals surface area contributed by atoms with Gasteiger partial charge in [0.1, 0.15) is 0 Å². The molecule has 0 radical (unpaired) electrons. The Morgan fingerprint density at radius 1 is 1.33 bits per heavy atom. The highest BCUT2D eigenvalue weighted by Gasteiger charge is 2.28. The van der Waals surface area contributed by atoms with Crippen LogP contribution in [0.1, 0.15) is 38.2 Å². The Morgan fingerprint density at radius 3 is 2.76 bits per heavy atom. The zero-order valence-electron chi connectivity index (χ0n) is 12.7. The van der Waals surface area contributed by atoms with Crippen molar-refractivity contribution in [3.63, 3.8) is 0 Å². The highest BCUT2D eigenvalue weighted by Crippen LogP contribution is 2.27. The molecule has 2 N–H and O–H groups in total. The topological polar surface area (TPSA) is 58.6 Å². The fraction of sp³-hybridized carbons (Fsp3) is 0.588. The molecule has 1 aliphatic rings. The standard InChI is InChI=1S/C17H25NO3/c1-2-21-17(20)14-4-3-5-16(12-14)18-15-8-6-13(7-9-15)10-11-19/h6-9,14,16,18-19H,2-5,10-12H2,1H3. The largest absolute Gasteiger partial charge is 0.466 e. The van der Waals surface area contributed by atoms with Gasteiger partial charge in [0.15, 0.2) is 0 Å². The van der Waals surface area contributed by atoms with Gasteiger partial charge in [0, 0.05) is 18.3 Å². The van der Waals surface area contributed by atoms with E-state index in [1.165, 1.54) is 0 Å². The van der Waals surface area contributed by atoms with Gasteiger partial charge >= 0.3 is 5.97 Å². The van der Waals surface area contributed by atoms with Crippen molar-refractivity contribution in [1.29, 1.82) is 0 Å². The quantitative estimate of drug-likeness (QED) is 0.791. The maximum atomic E-state index is 11.8. The van der Waals surface area contributed by atoms with Crippen LogP contribution in [0.25, 0.3) is 0 Å². The molecule has 2 atom stereocenters. The molecule has 2 rings (SSSR count). The van der Waals surface area contributed by atoms with Crippen molar-refractivity contribution in [2.75, 3.05) is 18.5 Å². The predicted octanol–water partition coefficient (Wildman–Crippen LogP) is 2.76. The lowest BCUT2D eigenvalue weighted by molar-refractivity contribution is -0.149. The van der Waals surface area contributed by atoms with Gasteiger partial charge in [-0.25, -0.2) is 0 Å². The van der Waals surface area contributed by atoms with Gasteiger partial charge in [-0.1, -0.05) is 18.6 Å². The number of carbonyl (C=O) groups excluding carboxylic acids is 1. The van der Waals surface area contributed by atoms with Crippen LogP contribution >= 0.6 is 0 Å². The first-order chi connectivity index (χ1) is 10.2. The van der Waals surface area contributed by atoms with Crippen LogP contribution in [-0.2, 0) is 16.0 Å². The van der Waals surface area contributed by atoms with Crippen LogP contribution < -0.4 is 5.32 Å². The second-order valence-electron chi connectivity index (χ2n) is 5.63. The molecule has 0 heterocycles. The number of esters is 1. The number of anilines is 1. The van der Waals surface area contributed by atoms with Gasteiger partial charge in [-0.3, -0.25) is 4.79 Å². The third-order valence-corrected chi connectivity index (χ3v) is 4.02. The van der Waals surface area contributed by atoms with Crippen LogP contribution in [0.2, 0.25) is 0 Å². The van der Waals surface area contributed by atoms with Gasteiger partial charge in [-0.15, -0.1) is 0 Å². The van der Waals surface area contributed by atoms with Gasteiger partial charge < -0.3 is 15.2 Å². The first-order valence-electron chi connectivity index (χ1n) is 7.86. The SMILES string of the molecule is CCOC(=O)C1CCCC(Nc2ccc(CCO)cc2)C1. The molecule has 4 heteroatoms. The Bertz CT molecular complexity index is 444. The second-order valence-corrected chi connectivity index (χ2v) is 5.63. The third kappa shape index (κ3) is 4.74. The van der Waals surface area contributed by atoms with Crippen LogP contribution in [0.15, 0.2) is 24.3 Å². The maximum Gasteiger partial charge on any atom is 0.308 e. The van der Waals surface area contributed by atoms with E-state index in [9.17, 15) is 4.79 Å². The summed E-state index contributed by atoms with van der Waals surface area (Å²) in [6, 6.07) is 8.48. The summed E-state index contributed by atoms with van der Waals surface area (Å²) >= 11 is 0. The van der Waals surface area contributed by atoms with E-state index in [-0.39, 0.29) is 18.5 Å². The average Bonchev–Trinajstić information content (AvgIpc) is 2.50. The Labute approximate surface area is 126 Å². The summed E-state index contributed by atoms with van der Waals surface area (Å²) in [4.78, 5) is 11.8. The van der Waals surface area contributed by atoms with E-state index in [1.54, 1.807) is 0 Å². The summed E-state index contributed by atoms with van der Waals surface area (Å²) in [7, 11) is 0. The number of nitrogens with one attached hydrogen (secondary N) is 1. The van der Waals surface area contributed by atoms with Crippen LogP contribution in [0.4, 0.5) is 5.69 Å². The molecule has 1 saturated carbocycles. The summed E-state index contributed by atoms with van der Waals surface area (Å²) in [6.07, 6.45) is 4.62. The smallest absolute Gasteiger partial charge is 0.308 e. The van der Waals surface area contributed by atoms with Crippen molar-refractivity contribution in [3.05, 3.63) is 29.8 Å². The van der Waals surface area contributed by atoms with E-state index in [0.717, 1.165) is 36.9 Å². The fourth-order valence-corrected chi connectivity index (χ4v) is 2.93. The van der Waals surface area contributed by atoms with Crippen molar-refractivity contribution >= 4 is 11.7 Å².